The molecule has 0 saturated carbocycles. The average Bonchev–Trinajstić information content (AvgIpc) is 3.10. The number of piperazine rings is 1. The van der Waals surface area contributed by atoms with Gasteiger partial charge in [0, 0.05) is 37.9 Å². The minimum Gasteiger partial charge on any atom is -0.465 e. The number of carbonyl (C=O) groups is 1. The van der Waals surface area contributed by atoms with Crippen molar-refractivity contribution in [3.05, 3.63) is 36.7 Å². The van der Waals surface area contributed by atoms with E-state index >= 15 is 0 Å². The van der Waals surface area contributed by atoms with Gasteiger partial charge < -0.3 is 14.1 Å². The fraction of sp³-hybridized carbons (Fsp3) is 0.412. The van der Waals surface area contributed by atoms with Crippen molar-refractivity contribution < 1.29 is 13.9 Å². The molecule has 1 aliphatic heterocycles. The lowest BCUT2D eigenvalue weighted by Gasteiger charge is -2.34. The number of anilines is 1. The first-order chi connectivity index (χ1) is 11.3. The van der Waals surface area contributed by atoms with E-state index in [1.807, 2.05) is 37.4 Å². The summed E-state index contributed by atoms with van der Waals surface area (Å²) in [5, 5.41) is 0. The van der Waals surface area contributed by atoms with Gasteiger partial charge in [0.05, 0.1) is 19.4 Å². The lowest BCUT2D eigenvalue weighted by molar-refractivity contribution is -0.144. The van der Waals surface area contributed by atoms with Crippen LogP contribution in [-0.2, 0) is 9.53 Å². The van der Waals surface area contributed by atoms with E-state index in [1.165, 1.54) is 0 Å². The van der Waals surface area contributed by atoms with Crippen LogP contribution in [0.2, 0.25) is 0 Å². The van der Waals surface area contributed by atoms with Gasteiger partial charge >= 0.3 is 5.97 Å². The van der Waals surface area contributed by atoms with E-state index in [9.17, 15) is 4.79 Å². The highest BCUT2D eigenvalue weighted by Gasteiger charge is 2.20. The molecule has 1 saturated heterocycles. The third-order valence-corrected chi connectivity index (χ3v) is 3.91. The van der Waals surface area contributed by atoms with Crippen molar-refractivity contribution in [2.24, 2.45) is 0 Å². The second-order valence-electron chi connectivity index (χ2n) is 5.45. The zero-order chi connectivity index (χ0) is 16.1. The Hall–Kier alpha value is -2.34. The summed E-state index contributed by atoms with van der Waals surface area (Å²) in [7, 11) is 0. The quantitative estimate of drug-likeness (QED) is 0.787. The summed E-state index contributed by atoms with van der Waals surface area (Å²) < 4.78 is 10.4. The molecule has 2 aromatic heterocycles. The highest BCUT2D eigenvalue weighted by molar-refractivity contribution is 5.71. The van der Waals surface area contributed by atoms with Gasteiger partial charge in [-0.3, -0.25) is 9.69 Å². The van der Waals surface area contributed by atoms with Gasteiger partial charge in [-0.05, 0) is 31.2 Å². The summed E-state index contributed by atoms with van der Waals surface area (Å²) in [4.78, 5) is 20.4. The van der Waals surface area contributed by atoms with Gasteiger partial charge in [0.25, 0.3) is 0 Å². The van der Waals surface area contributed by atoms with Crippen LogP contribution >= 0.6 is 0 Å². The highest BCUT2D eigenvalue weighted by atomic mass is 16.5. The Morgan fingerprint density at radius 1 is 1.26 bits per heavy atom. The van der Waals surface area contributed by atoms with Crippen LogP contribution < -0.4 is 4.90 Å². The van der Waals surface area contributed by atoms with Gasteiger partial charge in [0.1, 0.15) is 11.6 Å². The Balaban J connectivity index is 1.54. The number of carbonyl (C=O) groups excluding carboxylic acids is 1. The van der Waals surface area contributed by atoms with Crippen LogP contribution in [0, 0.1) is 0 Å². The molecule has 0 unspecified atom stereocenters. The van der Waals surface area contributed by atoms with E-state index in [4.69, 9.17) is 9.15 Å². The predicted molar refractivity (Wildman–Crippen MR) is 87.2 cm³/mol. The van der Waals surface area contributed by atoms with Crippen LogP contribution in [0.15, 0.2) is 41.1 Å². The monoisotopic (exact) mass is 315 g/mol. The standard InChI is InChI=1S/C17H21N3O3/c1-2-22-17(21)13-19-7-9-20(10-8-19)16-6-5-14(12-18-16)15-4-3-11-23-15/h3-6,11-12H,2,7-10,13H2,1H3. The van der Waals surface area contributed by atoms with Gasteiger partial charge in [-0.1, -0.05) is 0 Å². The van der Waals surface area contributed by atoms with Gasteiger partial charge in [-0.15, -0.1) is 0 Å². The maximum Gasteiger partial charge on any atom is 0.320 e. The van der Waals surface area contributed by atoms with Crippen LogP contribution in [0.3, 0.4) is 0 Å². The molecule has 0 N–H and O–H groups in total. The molecule has 6 heteroatoms. The van der Waals surface area contributed by atoms with Crippen LogP contribution in [-0.4, -0.2) is 55.2 Å². The molecular weight excluding hydrogens is 294 g/mol. The largest absolute Gasteiger partial charge is 0.465 e. The minimum atomic E-state index is -0.151. The number of ether oxygens (including phenoxy) is 1. The molecule has 122 valence electrons. The van der Waals surface area contributed by atoms with Gasteiger partial charge in [0.2, 0.25) is 0 Å². The number of nitrogens with zero attached hydrogens (tertiary/aromatic N) is 3. The molecule has 1 aliphatic rings. The van der Waals surface area contributed by atoms with E-state index in [0.29, 0.717) is 13.2 Å². The number of furan rings is 1. The number of aromatic nitrogens is 1. The number of rotatable bonds is 5. The third-order valence-electron chi connectivity index (χ3n) is 3.91. The second kappa shape index (κ2) is 7.28. The number of pyridine rings is 1. The van der Waals surface area contributed by atoms with Crippen molar-refractivity contribution in [2.45, 2.75) is 6.92 Å². The predicted octanol–water partition coefficient (Wildman–Crippen LogP) is 2.03. The normalized spacial score (nSPS) is 15.6. The zero-order valence-corrected chi connectivity index (χ0v) is 13.3. The molecule has 0 bridgehead atoms. The molecule has 0 amide bonds. The Morgan fingerprint density at radius 3 is 2.70 bits per heavy atom. The van der Waals surface area contributed by atoms with Crippen LogP contribution in [0.5, 0.6) is 0 Å². The number of hydrogen-bond donors (Lipinski definition) is 0. The van der Waals surface area contributed by atoms with E-state index in [1.54, 1.807) is 6.26 Å². The lowest BCUT2D eigenvalue weighted by Crippen LogP contribution is -2.48. The van der Waals surface area contributed by atoms with E-state index in [0.717, 1.165) is 43.3 Å². The van der Waals surface area contributed by atoms with Crippen LogP contribution in [0.1, 0.15) is 6.92 Å². The molecule has 6 nitrogen and oxygen atoms in total. The first-order valence-electron chi connectivity index (χ1n) is 7.89. The Bertz CT molecular complexity index is 617. The van der Waals surface area contributed by atoms with E-state index < -0.39 is 0 Å². The first-order valence-corrected chi connectivity index (χ1v) is 7.89. The van der Waals surface area contributed by atoms with Gasteiger partial charge in [0.15, 0.2) is 0 Å². The molecule has 2 aromatic rings. The number of esters is 1. The SMILES string of the molecule is CCOC(=O)CN1CCN(c2ccc(-c3ccco3)cn2)CC1. The van der Waals surface area contributed by atoms with E-state index in [-0.39, 0.29) is 5.97 Å². The topological polar surface area (TPSA) is 58.8 Å². The fourth-order valence-electron chi connectivity index (χ4n) is 2.69. The molecule has 0 spiro atoms. The number of hydrogen-bond acceptors (Lipinski definition) is 6. The molecule has 0 aromatic carbocycles. The summed E-state index contributed by atoms with van der Waals surface area (Å²) in [6.45, 7) is 6.00. The molecule has 3 heterocycles. The van der Waals surface area contributed by atoms with Crippen LogP contribution in [0.25, 0.3) is 11.3 Å². The van der Waals surface area contributed by atoms with Crippen molar-refractivity contribution in [1.29, 1.82) is 0 Å². The molecule has 0 atom stereocenters. The fourth-order valence-corrected chi connectivity index (χ4v) is 2.69. The lowest BCUT2D eigenvalue weighted by atomic mass is 10.2. The molecule has 0 aliphatic carbocycles. The summed E-state index contributed by atoms with van der Waals surface area (Å²) in [6.07, 6.45) is 3.49. The van der Waals surface area contributed by atoms with Crippen molar-refractivity contribution in [3.8, 4) is 11.3 Å². The minimum absolute atomic E-state index is 0.151. The molecule has 0 radical (unpaired) electrons. The van der Waals surface area contributed by atoms with Crippen molar-refractivity contribution >= 4 is 11.8 Å². The van der Waals surface area contributed by atoms with Crippen LogP contribution in [0.4, 0.5) is 5.82 Å². The maximum absolute atomic E-state index is 11.5. The molecule has 23 heavy (non-hydrogen) atoms. The Morgan fingerprint density at radius 2 is 2.09 bits per heavy atom. The van der Waals surface area contributed by atoms with Crippen molar-refractivity contribution in [2.75, 3.05) is 44.2 Å². The first kappa shape index (κ1) is 15.6. The smallest absolute Gasteiger partial charge is 0.320 e. The second-order valence-corrected chi connectivity index (χ2v) is 5.45. The summed E-state index contributed by atoms with van der Waals surface area (Å²) in [6, 6.07) is 7.82. The highest BCUT2D eigenvalue weighted by Crippen LogP contribution is 2.21. The van der Waals surface area contributed by atoms with E-state index in [2.05, 4.69) is 14.8 Å². The molecular formula is C17H21N3O3. The zero-order valence-electron chi connectivity index (χ0n) is 13.3. The molecule has 1 fully saturated rings. The van der Waals surface area contributed by atoms with Gasteiger partial charge in [-0.25, -0.2) is 4.98 Å². The third kappa shape index (κ3) is 3.90. The Kier molecular flexibility index (Phi) is 4.92. The maximum atomic E-state index is 11.5. The summed E-state index contributed by atoms with van der Waals surface area (Å²) >= 11 is 0. The Labute approximate surface area is 135 Å². The summed E-state index contributed by atoms with van der Waals surface area (Å²) in [5.41, 5.74) is 0.972. The molecule has 3 rings (SSSR count). The van der Waals surface area contributed by atoms with Crippen molar-refractivity contribution in [3.63, 3.8) is 0 Å². The average molecular weight is 315 g/mol. The van der Waals surface area contributed by atoms with Crippen molar-refractivity contribution in [1.82, 2.24) is 9.88 Å². The summed E-state index contributed by atoms with van der Waals surface area (Å²) in [5.74, 6) is 1.63. The van der Waals surface area contributed by atoms with Gasteiger partial charge in [-0.2, -0.15) is 0 Å².